The molecule has 3 N–H and O–H groups in total. The van der Waals surface area contributed by atoms with Gasteiger partial charge in [0, 0.05) is 12.7 Å². The van der Waals surface area contributed by atoms with Crippen molar-refractivity contribution in [3.05, 3.63) is 29.3 Å². The molecule has 1 aromatic carbocycles. The minimum Gasteiger partial charge on any atom is -0.335 e. The van der Waals surface area contributed by atoms with E-state index in [1.807, 2.05) is 52.8 Å². The van der Waals surface area contributed by atoms with E-state index >= 15 is 0 Å². The molecule has 0 saturated heterocycles. The maximum absolute atomic E-state index is 12.2. The van der Waals surface area contributed by atoms with Gasteiger partial charge in [0.1, 0.15) is 0 Å². The smallest absolute Gasteiger partial charge is 0.243 e. The zero-order valence-corrected chi connectivity index (χ0v) is 15.6. The number of nitrogens with one attached hydrogen (secondary N) is 1. The lowest BCUT2D eigenvalue weighted by Gasteiger charge is -2.29. The second-order valence-electron chi connectivity index (χ2n) is 6.83. The third-order valence-corrected chi connectivity index (χ3v) is 3.83. The Balaban J connectivity index is 0.00000484. The summed E-state index contributed by atoms with van der Waals surface area (Å²) in [6.07, 6.45) is 0. The molecule has 0 unspecified atom stereocenters. The van der Waals surface area contributed by atoms with E-state index in [0.29, 0.717) is 0 Å². The zero-order chi connectivity index (χ0) is 17.1. The Morgan fingerprint density at radius 2 is 1.83 bits per heavy atom. The molecule has 6 heteroatoms. The summed E-state index contributed by atoms with van der Waals surface area (Å²) in [7, 11) is 1.59. The molecule has 0 aliphatic carbocycles. The molecule has 0 saturated carbocycles. The van der Waals surface area contributed by atoms with Crippen LogP contribution >= 0.6 is 12.4 Å². The number of amides is 2. The fourth-order valence-electron chi connectivity index (χ4n) is 1.98. The standard InChI is InChI=1S/C17H27N3O2.ClH/c1-11-8-7-9-13(12(11)2)19-14(21)10-20(6)16(22)15(18)17(3,4)5;/h7-9,15H,10,18H2,1-6H3,(H,19,21);1H/t15-;/m1./s1. The van der Waals surface area contributed by atoms with Gasteiger partial charge in [0.25, 0.3) is 0 Å². The Hall–Kier alpha value is -1.59. The summed E-state index contributed by atoms with van der Waals surface area (Å²) in [5.74, 6) is -0.464. The van der Waals surface area contributed by atoms with Crippen LogP contribution in [0.25, 0.3) is 0 Å². The predicted molar refractivity (Wildman–Crippen MR) is 96.9 cm³/mol. The molecule has 0 bridgehead atoms. The normalized spacial score (nSPS) is 12.1. The second-order valence-corrected chi connectivity index (χ2v) is 6.83. The Morgan fingerprint density at radius 1 is 1.26 bits per heavy atom. The first-order chi connectivity index (χ1) is 10.0. The van der Waals surface area contributed by atoms with Crippen LogP contribution in [-0.2, 0) is 9.59 Å². The number of aryl methyl sites for hydroxylation is 1. The van der Waals surface area contributed by atoms with Gasteiger partial charge in [-0.3, -0.25) is 9.59 Å². The molecule has 130 valence electrons. The number of carbonyl (C=O) groups is 2. The first-order valence-electron chi connectivity index (χ1n) is 7.40. The van der Waals surface area contributed by atoms with Crippen molar-refractivity contribution in [3.63, 3.8) is 0 Å². The van der Waals surface area contributed by atoms with Crippen molar-refractivity contribution < 1.29 is 9.59 Å². The van der Waals surface area contributed by atoms with Gasteiger partial charge in [-0.1, -0.05) is 32.9 Å². The van der Waals surface area contributed by atoms with Crippen molar-refractivity contribution in [2.75, 3.05) is 18.9 Å². The topological polar surface area (TPSA) is 75.4 Å². The molecule has 2 amide bonds. The van der Waals surface area contributed by atoms with Crippen molar-refractivity contribution >= 4 is 29.9 Å². The number of hydrogen-bond acceptors (Lipinski definition) is 3. The molecule has 0 heterocycles. The Morgan fingerprint density at radius 3 is 2.35 bits per heavy atom. The number of halogens is 1. The Labute approximate surface area is 145 Å². The van der Waals surface area contributed by atoms with Gasteiger partial charge in [0.15, 0.2) is 0 Å². The highest BCUT2D eigenvalue weighted by molar-refractivity contribution is 5.95. The SMILES string of the molecule is Cc1cccc(NC(=O)CN(C)C(=O)[C@@H](N)C(C)(C)C)c1C.Cl. The van der Waals surface area contributed by atoms with Crippen LogP contribution in [0.1, 0.15) is 31.9 Å². The van der Waals surface area contributed by atoms with E-state index in [1.54, 1.807) is 7.05 Å². The highest BCUT2D eigenvalue weighted by atomic mass is 35.5. The first kappa shape index (κ1) is 21.4. The summed E-state index contributed by atoms with van der Waals surface area (Å²) >= 11 is 0. The maximum Gasteiger partial charge on any atom is 0.243 e. The molecular weight excluding hydrogens is 314 g/mol. The highest BCUT2D eigenvalue weighted by Gasteiger charge is 2.30. The van der Waals surface area contributed by atoms with Gasteiger partial charge < -0.3 is 16.0 Å². The van der Waals surface area contributed by atoms with E-state index in [1.165, 1.54) is 4.90 Å². The van der Waals surface area contributed by atoms with Crippen LogP contribution in [0.2, 0.25) is 0 Å². The highest BCUT2D eigenvalue weighted by Crippen LogP contribution is 2.19. The minimum absolute atomic E-state index is 0. The van der Waals surface area contributed by atoms with Crippen LogP contribution in [0.5, 0.6) is 0 Å². The van der Waals surface area contributed by atoms with E-state index in [2.05, 4.69) is 5.32 Å². The molecule has 0 fully saturated rings. The van der Waals surface area contributed by atoms with Crippen molar-refractivity contribution in [1.29, 1.82) is 0 Å². The summed E-state index contributed by atoms with van der Waals surface area (Å²) in [4.78, 5) is 25.7. The average molecular weight is 342 g/mol. The number of hydrogen-bond donors (Lipinski definition) is 2. The number of benzene rings is 1. The van der Waals surface area contributed by atoms with Crippen LogP contribution in [-0.4, -0.2) is 36.3 Å². The summed E-state index contributed by atoms with van der Waals surface area (Å²) in [6.45, 7) is 9.63. The van der Waals surface area contributed by atoms with E-state index in [0.717, 1.165) is 16.8 Å². The summed E-state index contributed by atoms with van der Waals surface area (Å²) in [5.41, 5.74) is 8.51. The van der Waals surface area contributed by atoms with Crippen LogP contribution in [0.15, 0.2) is 18.2 Å². The third kappa shape index (κ3) is 5.84. The second kappa shape index (κ2) is 8.31. The summed E-state index contributed by atoms with van der Waals surface area (Å²) in [5, 5.41) is 2.84. The lowest BCUT2D eigenvalue weighted by atomic mass is 9.86. The quantitative estimate of drug-likeness (QED) is 0.883. The van der Waals surface area contributed by atoms with Gasteiger partial charge in [0.2, 0.25) is 11.8 Å². The van der Waals surface area contributed by atoms with Crippen LogP contribution in [0, 0.1) is 19.3 Å². The lowest BCUT2D eigenvalue weighted by Crippen LogP contribution is -2.50. The zero-order valence-electron chi connectivity index (χ0n) is 14.8. The minimum atomic E-state index is -0.633. The number of likely N-dealkylation sites (N-methyl/N-ethyl adjacent to an activating group) is 1. The van der Waals surface area contributed by atoms with Gasteiger partial charge in [-0.2, -0.15) is 0 Å². The molecule has 0 spiro atoms. The van der Waals surface area contributed by atoms with Crippen LogP contribution in [0.3, 0.4) is 0 Å². The van der Waals surface area contributed by atoms with Crippen molar-refractivity contribution in [2.45, 2.75) is 40.7 Å². The fourth-order valence-corrected chi connectivity index (χ4v) is 1.98. The molecule has 1 rings (SSSR count). The van der Waals surface area contributed by atoms with Gasteiger partial charge in [0.05, 0.1) is 12.6 Å². The predicted octanol–water partition coefficient (Wildman–Crippen LogP) is 2.50. The number of nitrogens with two attached hydrogens (primary N) is 1. The molecular formula is C17H28ClN3O2. The van der Waals surface area contributed by atoms with Gasteiger partial charge in [-0.15, -0.1) is 12.4 Å². The molecule has 5 nitrogen and oxygen atoms in total. The average Bonchev–Trinajstić information content (AvgIpc) is 2.41. The molecule has 0 aliphatic rings. The monoisotopic (exact) mass is 341 g/mol. The molecule has 0 aromatic heterocycles. The van der Waals surface area contributed by atoms with Gasteiger partial charge in [-0.25, -0.2) is 0 Å². The maximum atomic E-state index is 12.2. The molecule has 0 aliphatic heterocycles. The van der Waals surface area contributed by atoms with Gasteiger partial charge >= 0.3 is 0 Å². The van der Waals surface area contributed by atoms with Crippen molar-refractivity contribution in [3.8, 4) is 0 Å². The van der Waals surface area contributed by atoms with E-state index < -0.39 is 6.04 Å². The van der Waals surface area contributed by atoms with E-state index in [-0.39, 0.29) is 36.2 Å². The third-order valence-electron chi connectivity index (χ3n) is 3.83. The number of anilines is 1. The van der Waals surface area contributed by atoms with Gasteiger partial charge in [-0.05, 0) is 36.5 Å². The summed E-state index contributed by atoms with van der Waals surface area (Å²) < 4.78 is 0. The molecule has 1 aromatic rings. The van der Waals surface area contributed by atoms with Crippen LogP contribution < -0.4 is 11.1 Å². The fraction of sp³-hybridized carbons (Fsp3) is 0.529. The Bertz CT molecular complexity index is 567. The number of carbonyl (C=O) groups excluding carboxylic acids is 2. The van der Waals surface area contributed by atoms with Crippen molar-refractivity contribution in [2.24, 2.45) is 11.1 Å². The molecule has 1 atom stereocenters. The Kier molecular flexibility index (Phi) is 7.74. The number of nitrogens with zero attached hydrogens (tertiary/aromatic N) is 1. The first-order valence-corrected chi connectivity index (χ1v) is 7.40. The number of rotatable bonds is 4. The lowest BCUT2D eigenvalue weighted by molar-refractivity contribution is -0.136. The van der Waals surface area contributed by atoms with Crippen LogP contribution in [0.4, 0.5) is 5.69 Å². The van der Waals surface area contributed by atoms with E-state index in [9.17, 15) is 9.59 Å². The molecule has 0 radical (unpaired) electrons. The summed E-state index contributed by atoms with van der Waals surface area (Å²) in [6, 6.07) is 5.10. The van der Waals surface area contributed by atoms with E-state index in [4.69, 9.17) is 5.73 Å². The molecule has 23 heavy (non-hydrogen) atoms. The largest absolute Gasteiger partial charge is 0.335 e. The van der Waals surface area contributed by atoms with Crippen molar-refractivity contribution in [1.82, 2.24) is 4.90 Å².